The largest absolute Gasteiger partial charge is 0.290 e. The molecule has 0 saturated heterocycles. The lowest BCUT2D eigenvalue weighted by atomic mass is 10.1. The second-order valence-electron chi connectivity index (χ2n) is 6.31. The third-order valence-electron chi connectivity index (χ3n) is 4.40. The Morgan fingerprint density at radius 3 is 2.67 bits per heavy atom. The van der Waals surface area contributed by atoms with Crippen LogP contribution in [0.5, 0.6) is 0 Å². The predicted octanol–water partition coefficient (Wildman–Crippen LogP) is 4.54. The minimum Gasteiger partial charge on any atom is -0.290 e. The summed E-state index contributed by atoms with van der Waals surface area (Å²) in [5, 5.41) is 4.28. The topological polar surface area (TPSA) is 52.2 Å². The van der Waals surface area contributed by atoms with Gasteiger partial charge in [0.25, 0.3) is 0 Å². The number of aryl methyl sites for hydroxylation is 2. The minimum absolute atomic E-state index is 0.137. The molecule has 0 N–H and O–H groups in total. The Kier molecular flexibility index (Phi) is 4.24. The number of allylic oxidation sites excluding steroid dienone is 1. The second-order valence-corrected chi connectivity index (χ2v) is 7.52. The van der Waals surface area contributed by atoms with Crippen molar-refractivity contribution < 1.29 is 9.18 Å². The normalized spacial score (nSPS) is 11.7. The van der Waals surface area contributed by atoms with E-state index in [-0.39, 0.29) is 11.6 Å². The SMILES string of the molecule is Cc1cn2c(C=CC(=O)c3cnn(-c4ccc(F)cc4)c3C)c(C)nc2s1. The van der Waals surface area contributed by atoms with Crippen LogP contribution >= 0.6 is 11.3 Å². The van der Waals surface area contributed by atoms with E-state index in [0.29, 0.717) is 16.9 Å². The molecule has 27 heavy (non-hydrogen) atoms. The molecule has 0 amide bonds. The lowest BCUT2D eigenvalue weighted by Gasteiger charge is -2.04. The van der Waals surface area contributed by atoms with E-state index < -0.39 is 0 Å². The summed E-state index contributed by atoms with van der Waals surface area (Å²) in [6, 6.07) is 6.00. The van der Waals surface area contributed by atoms with Crippen molar-refractivity contribution in [3.63, 3.8) is 0 Å². The van der Waals surface area contributed by atoms with Crippen LogP contribution in [0.2, 0.25) is 0 Å². The summed E-state index contributed by atoms with van der Waals surface area (Å²) in [6.45, 7) is 5.78. The highest BCUT2D eigenvalue weighted by Gasteiger charge is 2.14. The van der Waals surface area contributed by atoms with Gasteiger partial charge in [-0.1, -0.05) is 0 Å². The van der Waals surface area contributed by atoms with Crippen molar-refractivity contribution in [1.29, 1.82) is 0 Å². The molecule has 0 bridgehead atoms. The number of ketones is 1. The molecule has 0 spiro atoms. The smallest absolute Gasteiger partial charge is 0.194 e. The van der Waals surface area contributed by atoms with E-state index in [0.717, 1.165) is 21.2 Å². The zero-order valence-corrected chi connectivity index (χ0v) is 15.9. The Labute approximate surface area is 159 Å². The maximum Gasteiger partial charge on any atom is 0.194 e. The summed E-state index contributed by atoms with van der Waals surface area (Å²) < 4.78 is 16.7. The molecule has 136 valence electrons. The van der Waals surface area contributed by atoms with Crippen molar-refractivity contribution in [2.45, 2.75) is 20.8 Å². The molecule has 0 saturated carbocycles. The highest BCUT2D eigenvalue weighted by atomic mass is 32.1. The van der Waals surface area contributed by atoms with Crippen LogP contribution < -0.4 is 0 Å². The third-order valence-corrected chi connectivity index (χ3v) is 5.30. The van der Waals surface area contributed by atoms with E-state index in [2.05, 4.69) is 10.1 Å². The first-order chi connectivity index (χ1) is 12.9. The van der Waals surface area contributed by atoms with Gasteiger partial charge in [0.05, 0.1) is 34.5 Å². The number of carbonyl (C=O) groups is 1. The Hall–Kier alpha value is -3.06. The molecule has 5 nitrogen and oxygen atoms in total. The van der Waals surface area contributed by atoms with E-state index in [1.54, 1.807) is 46.5 Å². The summed E-state index contributed by atoms with van der Waals surface area (Å²) in [5.41, 5.74) is 3.70. The predicted molar refractivity (Wildman–Crippen MR) is 104 cm³/mol. The van der Waals surface area contributed by atoms with Gasteiger partial charge in [0.15, 0.2) is 10.7 Å². The van der Waals surface area contributed by atoms with Crippen molar-refractivity contribution in [3.05, 3.63) is 76.1 Å². The number of nitrogens with zero attached hydrogens (tertiary/aromatic N) is 4. The molecule has 3 aromatic heterocycles. The number of hydrogen-bond acceptors (Lipinski definition) is 4. The summed E-state index contributed by atoms with van der Waals surface area (Å²) in [7, 11) is 0. The molecule has 0 atom stereocenters. The number of hydrogen-bond donors (Lipinski definition) is 0. The third kappa shape index (κ3) is 3.10. The zero-order valence-electron chi connectivity index (χ0n) is 15.1. The average Bonchev–Trinajstić information content (AvgIpc) is 3.26. The maximum atomic E-state index is 13.1. The van der Waals surface area contributed by atoms with Crippen LogP contribution in [-0.4, -0.2) is 24.9 Å². The molecule has 0 aliphatic rings. The highest BCUT2D eigenvalue weighted by Crippen LogP contribution is 2.22. The van der Waals surface area contributed by atoms with Gasteiger partial charge in [-0.3, -0.25) is 9.20 Å². The molecular formula is C20H17FN4OS. The van der Waals surface area contributed by atoms with Gasteiger partial charge >= 0.3 is 0 Å². The van der Waals surface area contributed by atoms with Crippen LogP contribution in [0.4, 0.5) is 4.39 Å². The number of thiazole rings is 1. The molecule has 0 aliphatic heterocycles. The van der Waals surface area contributed by atoms with Crippen LogP contribution in [0.3, 0.4) is 0 Å². The van der Waals surface area contributed by atoms with E-state index in [1.165, 1.54) is 12.1 Å². The van der Waals surface area contributed by atoms with Gasteiger partial charge in [0, 0.05) is 11.1 Å². The van der Waals surface area contributed by atoms with E-state index >= 15 is 0 Å². The van der Waals surface area contributed by atoms with Crippen molar-refractivity contribution in [2.75, 3.05) is 0 Å². The number of carbonyl (C=O) groups excluding carboxylic acids is 1. The number of benzene rings is 1. The van der Waals surface area contributed by atoms with Crippen LogP contribution in [0.1, 0.15) is 32.3 Å². The summed E-state index contributed by atoms with van der Waals surface area (Å²) in [6.07, 6.45) is 6.89. The van der Waals surface area contributed by atoms with Crippen LogP contribution in [0, 0.1) is 26.6 Å². The van der Waals surface area contributed by atoms with E-state index in [9.17, 15) is 9.18 Å². The lowest BCUT2D eigenvalue weighted by Crippen LogP contribution is -2.02. The van der Waals surface area contributed by atoms with E-state index in [4.69, 9.17) is 0 Å². The van der Waals surface area contributed by atoms with Crippen LogP contribution in [0.25, 0.3) is 16.7 Å². The molecular weight excluding hydrogens is 363 g/mol. The van der Waals surface area contributed by atoms with Crippen molar-refractivity contribution in [1.82, 2.24) is 19.2 Å². The maximum absolute atomic E-state index is 13.1. The molecule has 3 heterocycles. The number of fused-ring (bicyclic) bond motifs is 1. The number of rotatable bonds is 4. The first kappa shape index (κ1) is 17.4. The molecule has 4 rings (SSSR count). The fourth-order valence-corrected chi connectivity index (χ4v) is 3.90. The van der Waals surface area contributed by atoms with E-state index in [1.807, 2.05) is 31.4 Å². The standard InChI is InChI=1S/C20H17FN4OS/c1-12-11-24-18(13(2)23-20(24)27-12)8-9-19(26)17-10-22-25(14(17)3)16-6-4-15(21)5-7-16/h4-11H,1-3H3. The molecule has 0 fully saturated rings. The zero-order chi connectivity index (χ0) is 19.1. The van der Waals surface area contributed by atoms with Gasteiger partial charge in [0.1, 0.15) is 5.82 Å². The molecule has 4 aromatic rings. The highest BCUT2D eigenvalue weighted by molar-refractivity contribution is 7.17. The van der Waals surface area contributed by atoms with Gasteiger partial charge in [-0.05, 0) is 57.2 Å². The van der Waals surface area contributed by atoms with Gasteiger partial charge in [0.2, 0.25) is 0 Å². The van der Waals surface area contributed by atoms with Crippen LogP contribution in [0.15, 0.2) is 42.7 Å². The Morgan fingerprint density at radius 2 is 1.93 bits per heavy atom. The van der Waals surface area contributed by atoms with Gasteiger partial charge in [-0.2, -0.15) is 5.10 Å². The second kappa shape index (κ2) is 6.59. The lowest BCUT2D eigenvalue weighted by molar-refractivity contribution is 0.104. The molecule has 0 aliphatic carbocycles. The number of aromatic nitrogens is 4. The van der Waals surface area contributed by atoms with Crippen molar-refractivity contribution in [3.8, 4) is 5.69 Å². The number of halogens is 1. The fourth-order valence-electron chi connectivity index (χ4n) is 3.02. The monoisotopic (exact) mass is 380 g/mol. The van der Waals surface area contributed by atoms with Gasteiger partial charge in [-0.25, -0.2) is 14.1 Å². The van der Waals surface area contributed by atoms with Crippen molar-refractivity contribution in [2.24, 2.45) is 0 Å². The Balaban J connectivity index is 1.64. The molecule has 7 heteroatoms. The average molecular weight is 380 g/mol. The fraction of sp³-hybridized carbons (Fsp3) is 0.150. The summed E-state index contributed by atoms with van der Waals surface area (Å²) >= 11 is 1.62. The van der Waals surface area contributed by atoms with Gasteiger partial charge < -0.3 is 0 Å². The first-order valence-electron chi connectivity index (χ1n) is 8.42. The molecule has 0 radical (unpaired) electrons. The summed E-state index contributed by atoms with van der Waals surface area (Å²) in [4.78, 5) is 19.3. The summed E-state index contributed by atoms with van der Waals surface area (Å²) in [5.74, 6) is -0.448. The van der Waals surface area contributed by atoms with Crippen LogP contribution in [-0.2, 0) is 0 Å². The number of imidazole rings is 1. The Bertz CT molecular complexity index is 1180. The Morgan fingerprint density at radius 1 is 1.19 bits per heavy atom. The molecule has 0 unspecified atom stereocenters. The molecule has 1 aromatic carbocycles. The van der Waals surface area contributed by atoms with Crippen molar-refractivity contribution >= 4 is 28.2 Å². The first-order valence-corrected chi connectivity index (χ1v) is 9.24. The quantitative estimate of drug-likeness (QED) is 0.386. The minimum atomic E-state index is -0.311. The van der Waals surface area contributed by atoms with Gasteiger partial charge in [-0.15, -0.1) is 11.3 Å².